The first-order valence-electron chi connectivity index (χ1n) is 13.0. The second-order valence-corrected chi connectivity index (χ2v) is 10.5. The van der Waals surface area contributed by atoms with E-state index in [0.717, 1.165) is 17.2 Å². The monoisotopic (exact) mass is 492 g/mol. The molecule has 9 rings (SSSR count). The lowest BCUT2D eigenvalue weighted by Gasteiger charge is -2.22. The molecular weight excluding hydrogens is 468 g/mol. The van der Waals surface area contributed by atoms with Crippen molar-refractivity contribution in [2.24, 2.45) is 0 Å². The van der Waals surface area contributed by atoms with Gasteiger partial charge in [0.1, 0.15) is 22.9 Å². The Morgan fingerprint density at radius 1 is 0.658 bits per heavy atom. The SMILES string of the molecule is Cc1cc(C)[n+]2n1-c1cccc3c1C21c2c(cccc2-n2cc(-c4cccc(-c5ccccc5)c4)c[n+]21)O3. The van der Waals surface area contributed by atoms with Gasteiger partial charge in [-0.2, -0.15) is 0 Å². The minimum absolute atomic E-state index is 0.566. The van der Waals surface area contributed by atoms with Crippen molar-refractivity contribution in [3.8, 4) is 45.1 Å². The number of aromatic nitrogens is 4. The second-order valence-electron chi connectivity index (χ2n) is 10.5. The molecule has 5 heterocycles. The summed E-state index contributed by atoms with van der Waals surface area (Å²) < 4.78 is 16.1. The van der Waals surface area contributed by atoms with Crippen LogP contribution in [0.3, 0.4) is 0 Å². The molecule has 5 heteroatoms. The van der Waals surface area contributed by atoms with Crippen molar-refractivity contribution in [3.63, 3.8) is 0 Å². The maximum absolute atomic E-state index is 6.56. The smallest absolute Gasteiger partial charge is 0.455 e. The van der Waals surface area contributed by atoms with Crippen molar-refractivity contribution in [1.82, 2.24) is 9.36 Å². The van der Waals surface area contributed by atoms with Crippen LogP contribution >= 0.6 is 0 Å². The highest BCUT2D eigenvalue weighted by molar-refractivity contribution is 5.73. The number of fused-ring (bicyclic) bond motifs is 4. The zero-order valence-corrected chi connectivity index (χ0v) is 21.1. The van der Waals surface area contributed by atoms with Gasteiger partial charge in [0.15, 0.2) is 11.1 Å². The Bertz CT molecular complexity index is 1980. The van der Waals surface area contributed by atoms with Crippen molar-refractivity contribution in [2.75, 3.05) is 0 Å². The molecule has 3 aliphatic heterocycles. The lowest BCUT2D eigenvalue weighted by molar-refractivity contribution is -1.02. The van der Waals surface area contributed by atoms with E-state index in [1.165, 1.54) is 50.5 Å². The molecule has 2 aromatic heterocycles. The molecule has 0 radical (unpaired) electrons. The fourth-order valence-corrected chi connectivity index (χ4v) is 7.01. The van der Waals surface area contributed by atoms with E-state index in [4.69, 9.17) is 4.74 Å². The van der Waals surface area contributed by atoms with E-state index in [9.17, 15) is 0 Å². The van der Waals surface area contributed by atoms with Gasteiger partial charge in [0, 0.05) is 13.0 Å². The molecule has 3 aliphatic rings. The van der Waals surface area contributed by atoms with E-state index in [2.05, 4.69) is 142 Å². The number of ether oxygens (including phenoxy) is 1. The van der Waals surface area contributed by atoms with Gasteiger partial charge in [-0.1, -0.05) is 60.7 Å². The highest BCUT2D eigenvalue weighted by Gasteiger charge is 2.74. The first kappa shape index (κ1) is 20.2. The fraction of sp³-hybridized carbons (Fsp3) is 0.0909. The Morgan fingerprint density at radius 3 is 2.11 bits per heavy atom. The first-order valence-corrected chi connectivity index (χ1v) is 13.0. The van der Waals surface area contributed by atoms with Gasteiger partial charge in [0.05, 0.1) is 17.5 Å². The summed E-state index contributed by atoms with van der Waals surface area (Å²) in [6.07, 6.45) is 4.58. The van der Waals surface area contributed by atoms with Gasteiger partial charge in [-0.05, 0) is 63.3 Å². The summed E-state index contributed by atoms with van der Waals surface area (Å²) in [5, 5.41) is 0. The Labute approximate surface area is 220 Å². The Hall–Kier alpha value is -4.90. The predicted octanol–water partition coefficient (Wildman–Crippen LogP) is 5.82. The van der Waals surface area contributed by atoms with Crippen LogP contribution in [-0.4, -0.2) is 9.36 Å². The normalized spacial score (nSPS) is 17.0. The minimum Gasteiger partial charge on any atom is -0.455 e. The van der Waals surface area contributed by atoms with E-state index >= 15 is 0 Å². The number of nitrogens with zero attached hydrogens (tertiary/aromatic N) is 4. The predicted molar refractivity (Wildman–Crippen MR) is 144 cm³/mol. The summed E-state index contributed by atoms with van der Waals surface area (Å²) in [7, 11) is 0. The van der Waals surface area contributed by atoms with Gasteiger partial charge in [0.2, 0.25) is 11.9 Å². The van der Waals surface area contributed by atoms with Gasteiger partial charge < -0.3 is 4.74 Å². The largest absolute Gasteiger partial charge is 0.469 e. The maximum Gasteiger partial charge on any atom is 0.469 e. The van der Waals surface area contributed by atoms with Gasteiger partial charge in [-0.25, -0.2) is 0 Å². The summed E-state index contributed by atoms with van der Waals surface area (Å²) >= 11 is 0. The highest BCUT2D eigenvalue weighted by atomic mass is 16.5. The number of hydrogen-bond donors (Lipinski definition) is 0. The molecule has 0 N–H and O–H groups in total. The van der Waals surface area contributed by atoms with Crippen molar-refractivity contribution < 1.29 is 14.1 Å². The molecule has 180 valence electrons. The van der Waals surface area contributed by atoms with Crippen molar-refractivity contribution in [3.05, 3.63) is 132 Å². The summed E-state index contributed by atoms with van der Waals surface area (Å²) in [6.45, 7) is 4.39. The quantitative estimate of drug-likeness (QED) is 0.279. The molecular formula is C33H24N4O+2. The Morgan fingerprint density at radius 2 is 1.32 bits per heavy atom. The molecule has 1 spiro atoms. The van der Waals surface area contributed by atoms with E-state index in [1.807, 2.05) is 0 Å². The van der Waals surface area contributed by atoms with Gasteiger partial charge in [0.25, 0.3) is 0 Å². The first-order chi connectivity index (χ1) is 18.7. The molecule has 5 nitrogen and oxygen atoms in total. The van der Waals surface area contributed by atoms with Gasteiger partial charge in [-0.3, -0.25) is 0 Å². The van der Waals surface area contributed by atoms with Crippen LogP contribution in [0.5, 0.6) is 11.5 Å². The van der Waals surface area contributed by atoms with Crippen molar-refractivity contribution >= 4 is 0 Å². The third-order valence-corrected chi connectivity index (χ3v) is 8.38. The lowest BCUT2D eigenvalue weighted by atomic mass is 9.87. The summed E-state index contributed by atoms with van der Waals surface area (Å²) in [6, 6.07) is 34.5. The summed E-state index contributed by atoms with van der Waals surface area (Å²) in [4.78, 5) is 0. The Balaban J connectivity index is 1.36. The van der Waals surface area contributed by atoms with Crippen LogP contribution in [0.4, 0.5) is 0 Å². The van der Waals surface area contributed by atoms with Crippen LogP contribution in [0.15, 0.2) is 109 Å². The van der Waals surface area contributed by atoms with Crippen molar-refractivity contribution in [1.29, 1.82) is 0 Å². The van der Waals surface area contributed by atoms with Crippen LogP contribution in [0, 0.1) is 13.8 Å². The van der Waals surface area contributed by atoms with Crippen LogP contribution < -0.4 is 14.1 Å². The minimum atomic E-state index is -0.566. The molecule has 38 heavy (non-hydrogen) atoms. The number of aryl methyl sites for hydroxylation is 2. The van der Waals surface area contributed by atoms with E-state index in [0.29, 0.717) is 0 Å². The zero-order chi connectivity index (χ0) is 25.2. The molecule has 4 aromatic carbocycles. The molecule has 0 saturated heterocycles. The molecule has 0 amide bonds. The molecule has 0 fully saturated rings. The highest BCUT2D eigenvalue weighted by Crippen LogP contribution is 2.54. The molecule has 0 saturated carbocycles. The number of benzene rings is 4. The topological polar surface area (TPSA) is 26.8 Å². The lowest BCUT2D eigenvalue weighted by Crippen LogP contribution is -2.75. The average molecular weight is 493 g/mol. The standard InChI is InChI=1S/C33H24N4O/c1-21-17-22(2)37-33-31-27(13-7-15-29(31)38-30-16-8-14-28(32(30)33)36(21)37)34-19-26(20-35(33)34)25-12-6-11-24(18-25)23-9-4-3-5-10-23/h3-20H,1-2H3/q+2. The van der Waals surface area contributed by atoms with Gasteiger partial charge >= 0.3 is 5.66 Å². The fourth-order valence-electron chi connectivity index (χ4n) is 7.01. The third-order valence-electron chi connectivity index (χ3n) is 8.38. The molecule has 1 atom stereocenters. The van der Waals surface area contributed by atoms with E-state index in [1.54, 1.807) is 0 Å². The van der Waals surface area contributed by atoms with E-state index in [-0.39, 0.29) is 0 Å². The van der Waals surface area contributed by atoms with E-state index < -0.39 is 5.66 Å². The van der Waals surface area contributed by atoms with Crippen LogP contribution in [0.1, 0.15) is 22.5 Å². The average Bonchev–Trinajstić information content (AvgIpc) is 3.67. The van der Waals surface area contributed by atoms with Crippen LogP contribution in [-0.2, 0) is 5.66 Å². The molecule has 0 aliphatic carbocycles. The van der Waals surface area contributed by atoms with Crippen LogP contribution in [0.2, 0.25) is 0 Å². The zero-order valence-electron chi connectivity index (χ0n) is 21.1. The Kier molecular flexibility index (Phi) is 3.56. The summed E-state index contributed by atoms with van der Waals surface area (Å²) in [5.74, 6) is 1.83. The number of hydrogen-bond acceptors (Lipinski definition) is 1. The molecule has 1 unspecified atom stereocenters. The third kappa shape index (κ3) is 2.20. The maximum atomic E-state index is 6.56. The second kappa shape index (κ2) is 6.69. The number of rotatable bonds is 2. The van der Waals surface area contributed by atoms with Crippen molar-refractivity contribution in [2.45, 2.75) is 19.5 Å². The van der Waals surface area contributed by atoms with Gasteiger partial charge in [-0.15, -0.1) is 9.36 Å². The molecule has 6 aromatic rings. The molecule has 0 bridgehead atoms. The van der Waals surface area contributed by atoms with Crippen LogP contribution in [0.25, 0.3) is 33.6 Å². The summed E-state index contributed by atoms with van der Waals surface area (Å²) in [5.41, 5.74) is 11.4.